The summed E-state index contributed by atoms with van der Waals surface area (Å²) >= 11 is 0. The van der Waals surface area contributed by atoms with Crippen LogP contribution in [0.15, 0.2) is 18.2 Å². The Labute approximate surface area is 174 Å². The van der Waals surface area contributed by atoms with Gasteiger partial charge in [0.25, 0.3) is 0 Å². The van der Waals surface area contributed by atoms with Crippen LogP contribution in [0.1, 0.15) is 110 Å². The zero-order valence-corrected chi connectivity index (χ0v) is 20.0. The molecule has 0 heterocycles. The maximum absolute atomic E-state index is 8.96. The van der Waals surface area contributed by atoms with Crippen molar-refractivity contribution in [2.45, 2.75) is 110 Å². The van der Waals surface area contributed by atoms with Gasteiger partial charge in [-0.1, -0.05) is 91.8 Å². The Morgan fingerprint density at radius 1 is 0.679 bits per heavy atom. The smallest absolute Gasteiger partial charge is 0.193 e. The van der Waals surface area contributed by atoms with Crippen LogP contribution in [0.3, 0.4) is 0 Å². The molecule has 4 heteroatoms. The van der Waals surface area contributed by atoms with Crippen molar-refractivity contribution in [1.29, 1.82) is 0 Å². The van der Waals surface area contributed by atoms with E-state index >= 15 is 0 Å². The van der Waals surface area contributed by atoms with Gasteiger partial charge in [0.1, 0.15) is 6.16 Å². The monoisotopic (exact) mass is 411 g/mol. The van der Waals surface area contributed by atoms with Crippen LogP contribution in [0.5, 0.6) is 0 Å². The molecule has 1 rings (SSSR count). The van der Waals surface area contributed by atoms with Gasteiger partial charge in [0, 0.05) is 0 Å². The quantitative estimate of drug-likeness (QED) is 0.281. The molecule has 162 valence electrons. The van der Waals surface area contributed by atoms with E-state index in [1.165, 1.54) is 48.8 Å². The van der Waals surface area contributed by atoms with Gasteiger partial charge in [0.15, 0.2) is 0 Å². The summed E-state index contributed by atoms with van der Waals surface area (Å²) in [5.74, 6) is 0. The highest BCUT2D eigenvalue weighted by molar-refractivity contribution is 7.58. The van der Waals surface area contributed by atoms with Crippen molar-refractivity contribution in [1.82, 2.24) is 0 Å². The van der Waals surface area contributed by atoms with E-state index in [0.29, 0.717) is 6.42 Å². The molecular weight excluding hydrogens is 367 g/mol. The third-order valence-corrected chi connectivity index (χ3v) is 6.35. The predicted molar refractivity (Wildman–Crippen MR) is 123 cm³/mol. The molecule has 0 spiro atoms. The number of hydrogen-bond donors (Lipinski definition) is 3. The summed E-state index contributed by atoms with van der Waals surface area (Å²) in [5.41, 5.74) is 4.78. The number of unbranched alkanes of at least 4 members (excludes halogenated alkanes) is 7. The van der Waals surface area contributed by atoms with Crippen molar-refractivity contribution in [2.75, 3.05) is 6.16 Å². The van der Waals surface area contributed by atoms with Crippen LogP contribution in [-0.2, 0) is 17.3 Å². The zero-order valence-electron chi connectivity index (χ0n) is 19.1. The highest BCUT2D eigenvalue weighted by Gasteiger charge is 2.27. The van der Waals surface area contributed by atoms with E-state index in [2.05, 4.69) is 59.7 Å². The lowest BCUT2D eigenvalue weighted by Gasteiger charge is -2.27. The van der Waals surface area contributed by atoms with Gasteiger partial charge in [-0.3, -0.25) is 0 Å². The fourth-order valence-electron chi connectivity index (χ4n) is 3.66. The Bertz CT molecular complexity index is 577. The summed E-state index contributed by atoms with van der Waals surface area (Å²) in [5, 5.41) is 0. The Balaban J connectivity index is 2.35. The minimum atomic E-state index is -3.54. The number of hydrogen-bond acceptors (Lipinski definition) is 3. The first-order valence-electron chi connectivity index (χ1n) is 11.0. The fraction of sp³-hybridized carbons (Fsp3) is 0.750. The van der Waals surface area contributed by atoms with Crippen LogP contribution >= 0.6 is 7.94 Å². The first kappa shape index (κ1) is 25.6. The number of aryl methyl sites for hydroxylation is 1. The normalized spacial score (nSPS) is 13.2. The molecule has 28 heavy (non-hydrogen) atoms. The lowest BCUT2D eigenvalue weighted by Crippen LogP contribution is -2.18. The molecule has 0 aliphatic rings. The van der Waals surface area contributed by atoms with E-state index in [0.717, 1.165) is 19.3 Å². The van der Waals surface area contributed by atoms with Crippen molar-refractivity contribution >= 4 is 7.94 Å². The molecule has 1 aromatic carbocycles. The van der Waals surface area contributed by atoms with E-state index in [9.17, 15) is 0 Å². The zero-order chi connectivity index (χ0) is 21.4. The molecule has 0 atom stereocenters. The molecular formula is C24H44O3P+. The second-order valence-electron chi connectivity index (χ2n) is 10.4. The van der Waals surface area contributed by atoms with Gasteiger partial charge in [-0.25, -0.2) is 0 Å². The molecule has 0 unspecified atom stereocenters. The van der Waals surface area contributed by atoms with Gasteiger partial charge >= 0.3 is 7.94 Å². The van der Waals surface area contributed by atoms with Crippen molar-refractivity contribution < 1.29 is 14.7 Å². The first-order valence-corrected chi connectivity index (χ1v) is 12.8. The van der Waals surface area contributed by atoms with Crippen molar-refractivity contribution in [3.8, 4) is 0 Å². The Morgan fingerprint density at radius 2 is 1.18 bits per heavy atom. The van der Waals surface area contributed by atoms with E-state index in [1.54, 1.807) is 0 Å². The lowest BCUT2D eigenvalue weighted by molar-refractivity contribution is 0.328. The van der Waals surface area contributed by atoms with Crippen LogP contribution in [0.25, 0.3) is 0 Å². The third kappa shape index (κ3) is 10.3. The molecule has 0 aliphatic carbocycles. The molecule has 0 amide bonds. The summed E-state index contributed by atoms with van der Waals surface area (Å²) in [6.07, 6.45) is 10.3. The molecule has 3 N–H and O–H groups in total. The van der Waals surface area contributed by atoms with Crippen LogP contribution in [-0.4, -0.2) is 20.8 Å². The van der Waals surface area contributed by atoms with E-state index in [-0.39, 0.29) is 17.0 Å². The van der Waals surface area contributed by atoms with E-state index in [1.807, 2.05) is 0 Å². The van der Waals surface area contributed by atoms with Gasteiger partial charge in [-0.15, -0.1) is 0 Å². The summed E-state index contributed by atoms with van der Waals surface area (Å²) in [6, 6.07) is 7.09. The van der Waals surface area contributed by atoms with Gasteiger partial charge in [0.2, 0.25) is 0 Å². The highest BCUT2D eigenvalue weighted by Crippen LogP contribution is 2.45. The minimum Gasteiger partial charge on any atom is -0.193 e. The average Bonchev–Trinajstić information content (AvgIpc) is 2.53. The molecule has 0 saturated heterocycles. The third-order valence-electron chi connectivity index (χ3n) is 5.44. The van der Waals surface area contributed by atoms with E-state index < -0.39 is 7.94 Å². The Morgan fingerprint density at radius 3 is 1.64 bits per heavy atom. The van der Waals surface area contributed by atoms with Gasteiger partial charge in [0.05, 0.1) is 0 Å². The minimum absolute atomic E-state index is 0.150. The molecule has 0 radical (unpaired) electrons. The molecule has 0 fully saturated rings. The number of rotatable bonds is 11. The summed E-state index contributed by atoms with van der Waals surface area (Å²) in [6.45, 7) is 13.8. The summed E-state index contributed by atoms with van der Waals surface area (Å²) in [4.78, 5) is 26.9. The van der Waals surface area contributed by atoms with Crippen molar-refractivity contribution in [3.05, 3.63) is 34.9 Å². The van der Waals surface area contributed by atoms with Crippen LogP contribution in [0.4, 0.5) is 0 Å². The van der Waals surface area contributed by atoms with Crippen molar-refractivity contribution in [3.63, 3.8) is 0 Å². The summed E-state index contributed by atoms with van der Waals surface area (Å²) in [7, 11) is -3.54. The van der Waals surface area contributed by atoms with Gasteiger partial charge in [-0.05, 0) is 53.2 Å². The standard InChI is InChI=1S/C24H44O3P/c1-23(2,3)21-17-16-20(22(19-21)24(4,5)6)15-13-11-9-7-8-10-12-14-18-28(25,26)27/h16-17,19,25-27H,7-15,18H2,1-6H3/q+1. The molecule has 3 nitrogen and oxygen atoms in total. The average molecular weight is 412 g/mol. The lowest BCUT2D eigenvalue weighted by atomic mass is 9.77. The topological polar surface area (TPSA) is 60.7 Å². The van der Waals surface area contributed by atoms with Crippen LogP contribution in [0.2, 0.25) is 0 Å². The second kappa shape index (κ2) is 11.1. The fourth-order valence-corrected chi connectivity index (χ4v) is 4.31. The molecule has 0 aromatic heterocycles. The molecule has 1 aromatic rings. The highest BCUT2D eigenvalue weighted by atomic mass is 31.2. The predicted octanol–water partition coefficient (Wildman–Crippen LogP) is 6.68. The van der Waals surface area contributed by atoms with Gasteiger partial charge in [-0.2, -0.15) is 14.7 Å². The maximum Gasteiger partial charge on any atom is 0.403 e. The Kier molecular flexibility index (Phi) is 10.1. The Hall–Kier alpha value is -0.470. The molecule has 0 saturated carbocycles. The molecule has 0 aliphatic heterocycles. The second-order valence-corrected chi connectivity index (χ2v) is 12.2. The SMILES string of the molecule is CC(C)(C)c1ccc(CCCCCCCCCC[P+](O)(O)O)c(C(C)(C)C)c1. The number of benzene rings is 1. The first-order chi connectivity index (χ1) is 12.8. The van der Waals surface area contributed by atoms with Crippen molar-refractivity contribution in [2.24, 2.45) is 0 Å². The largest absolute Gasteiger partial charge is 0.403 e. The van der Waals surface area contributed by atoms with E-state index in [4.69, 9.17) is 14.7 Å². The van der Waals surface area contributed by atoms with Gasteiger partial charge < -0.3 is 0 Å². The van der Waals surface area contributed by atoms with Crippen LogP contribution < -0.4 is 0 Å². The van der Waals surface area contributed by atoms with Crippen LogP contribution in [0, 0.1) is 0 Å². The summed E-state index contributed by atoms with van der Waals surface area (Å²) < 4.78 is 0. The maximum atomic E-state index is 8.96. The molecule has 0 bridgehead atoms.